The van der Waals surface area contributed by atoms with Crippen LogP contribution in [0.4, 0.5) is 0 Å². The Labute approximate surface area is 109 Å². The van der Waals surface area contributed by atoms with Gasteiger partial charge in [0.25, 0.3) is 0 Å². The molecule has 0 spiro atoms. The maximum atomic E-state index is 10.5. The first-order valence-corrected chi connectivity index (χ1v) is 6.08. The topological polar surface area (TPSA) is 17.1 Å². The van der Waals surface area contributed by atoms with Gasteiger partial charge in [0.15, 0.2) is 0 Å². The summed E-state index contributed by atoms with van der Waals surface area (Å²) in [4.78, 5) is 10.5. The summed E-state index contributed by atoms with van der Waals surface area (Å²) < 4.78 is 0.798. The molecule has 0 aromatic heterocycles. The lowest BCUT2D eigenvalue weighted by atomic mass is 9.99. The largest absolute Gasteiger partial charge is 0.299 e. The summed E-state index contributed by atoms with van der Waals surface area (Å²) in [5, 5.41) is 0. The molecule has 0 radical (unpaired) electrons. The summed E-state index contributed by atoms with van der Waals surface area (Å²) in [6, 6.07) is 18.1. The number of aldehydes is 1. The zero-order chi connectivity index (χ0) is 12.1. The highest BCUT2D eigenvalue weighted by Crippen LogP contribution is 2.31. The van der Waals surface area contributed by atoms with E-state index >= 15 is 0 Å². The summed E-state index contributed by atoms with van der Waals surface area (Å²) in [7, 11) is 0. The third-order valence-corrected chi connectivity index (χ3v) is 3.18. The van der Waals surface area contributed by atoms with Gasteiger partial charge in [0.2, 0.25) is 0 Å². The highest BCUT2D eigenvalue weighted by Gasteiger charge is 2.06. The SMILES string of the molecule is O=C/C=C(\Br)c1ccccc1-c1ccccc1. The zero-order valence-electron chi connectivity index (χ0n) is 9.14. The molecule has 0 unspecified atom stereocenters. The molecule has 0 aliphatic heterocycles. The van der Waals surface area contributed by atoms with Crippen molar-refractivity contribution in [1.82, 2.24) is 0 Å². The quantitative estimate of drug-likeness (QED) is 0.608. The van der Waals surface area contributed by atoms with Crippen molar-refractivity contribution in [3.8, 4) is 11.1 Å². The van der Waals surface area contributed by atoms with Crippen molar-refractivity contribution in [2.24, 2.45) is 0 Å². The van der Waals surface area contributed by atoms with Gasteiger partial charge in [-0.15, -0.1) is 0 Å². The van der Waals surface area contributed by atoms with Crippen LogP contribution in [-0.2, 0) is 4.79 Å². The van der Waals surface area contributed by atoms with Crippen molar-refractivity contribution in [2.75, 3.05) is 0 Å². The van der Waals surface area contributed by atoms with Gasteiger partial charge in [-0.05, 0) is 22.8 Å². The molecule has 84 valence electrons. The van der Waals surface area contributed by atoms with Crippen LogP contribution in [0, 0.1) is 0 Å². The lowest BCUT2D eigenvalue weighted by Gasteiger charge is -2.08. The molecule has 0 bridgehead atoms. The van der Waals surface area contributed by atoms with Crippen LogP contribution in [0.25, 0.3) is 15.6 Å². The predicted octanol–water partition coefficient (Wildman–Crippen LogP) is 4.29. The Morgan fingerprint density at radius 2 is 1.59 bits per heavy atom. The third-order valence-electron chi connectivity index (χ3n) is 2.48. The van der Waals surface area contributed by atoms with Gasteiger partial charge >= 0.3 is 0 Å². The van der Waals surface area contributed by atoms with Gasteiger partial charge in [0, 0.05) is 4.48 Å². The molecule has 0 saturated carbocycles. The van der Waals surface area contributed by atoms with Crippen LogP contribution in [0.5, 0.6) is 0 Å². The number of carbonyl (C=O) groups excluding carboxylic acids is 1. The summed E-state index contributed by atoms with van der Waals surface area (Å²) in [6.45, 7) is 0. The second-order valence-electron chi connectivity index (χ2n) is 3.56. The van der Waals surface area contributed by atoms with Gasteiger partial charge < -0.3 is 0 Å². The number of allylic oxidation sites excluding steroid dienone is 1. The lowest BCUT2D eigenvalue weighted by Crippen LogP contribution is -1.85. The van der Waals surface area contributed by atoms with Crippen LogP contribution in [-0.4, -0.2) is 6.29 Å². The van der Waals surface area contributed by atoms with E-state index in [1.54, 1.807) is 0 Å². The van der Waals surface area contributed by atoms with Crippen molar-refractivity contribution in [2.45, 2.75) is 0 Å². The highest BCUT2D eigenvalue weighted by atomic mass is 79.9. The second kappa shape index (κ2) is 5.60. The zero-order valence-corrected chi connectivity index (χ0v) is 10.7. The number of halogens is 1. The highest BCUT2D eigenvalue weighted by molar-refractivity contribution is 9.15. The maximum absolute atomic E-state index is 10.5. The first-order valence-electron chi connectivity index (χ1n) is 5.28. The molecule has 2 rings (SSSR count). The minimum absolute atomic E-state index is 0.784. The van der Waals surface area contributed by atoms with Crippen molar-refractivity contribution in [3.63, 3.8) is 0 Å². The molecule has 0 aliphatic rings. The van der Waals surface area contributed by atoms with Gasteiger partial charge in [-0.3, -0.25) is 4.79 Å². The van der Waals surface area contributed by atoms with Crippen molar-refractivity contribution < 1.29 is 4.79 Å². The van der Waals surface area contributed by atoms with Crippen LogP contribution >= 0.6 is 15.9 Å². The van der Waals surface area contributed by atoms with Gasteiger partial charge in [-0.1, -0.05) is 70.5 Å². The van der Waals surface area contributed by atoms with E-state index < -0.39 is 0 Å². The molecule has 0 aliphatic carbocycles. The summed E-state index contributed by atoms with van der Waals surface area (Å²) >= 11 is 3.42. The molecule has 2 heteroatoms. The minimum atomic E-state index is 0.784. The van der Waals surface area contributed by atoms with E-state index in [0.717, 1.165) is 27.5 Å². The molecule has 0 fully saturated rings. The number of hydrogen-bond donors (Lipinski definition) is 0. The smallest absolute Gasteiger partial charge is 0.143 e. The number of rotatable bonds is 3. The monoisotopic (exact) mass is 286 g/mol. The molecule has 0 N–H and O–H groups in total. The van der Waals surface area contributed by atoms with E-state index in [0.29, 0.717) is 0 Å². The van der Waals surface area contributed by atoms with Gasteiger partial charge in [-0.2, -0.15) is 0 Å². The lowest BCUT2D eigenvalue weighted by molar-refractivity contribution is -0.104. The fourth-order valence-electron chi connectivity index (χ4n) is 1.71. The Kier molecular flexibility index (Phi) is 3.89. The molecule has 0 heterocycles. The van der Waals surface area contributed by atoms with Crippen molar-refractivity contribution in [3.05, 3.63) is 66.2 Å². The van der Waals surface area contributed by atoms with Crippen LogP contribution in [0.1, 0.15) is 5.56 Å². The Bertz CT molecular complexity index is 544. The molecule has 0 amide bonds. The minimum Gasteiger partial charge on any atom is -0.299 e. The number of carbonyl (C=O) groups is 1. The Morgan fingerprint density at radius 1 is 0.941 bits per heavy atom. The molecule has 0 saturated heterocycles. The van der Waals surface area contributed by atoms with Gasteiger partial charge in [0.05, 0.1) is 0 Å². The van der Waals surface area contributed by atoms with E-state index in [-0.39, 0.29) is 0 Å². The summed E-state index contributed by atoms with van der Waals surface area (Å²) in [5.41, 5.74) is 3.27. The fraction of sp³-hybridized carbons (Fsp3) is 0. The standard InChI is InChI=1S/C15H11BrO/c16-15(10-11-17)14-9-5-4-8-13(14)12-6-2-1-3-7-12/h1-11H/b15-10-. The molecule has 2 aromatic rings. The van der Waals surface area contributed by atoms with Gasteiger partial charge in [0.1, 0.15) is 6.29 Å². The van der Waals surface area contributed by atoms with Crippen molar-refractivity contribution >= 4 is 26.7 Å². The average molecular weight is 287 g/mol. The molecule has 0 atom stereocenters. The Balaban J connectivity index is 2.56. The first-order chi connectivity index (χ1) is 8.33. The summed E-state index contributed by atoms with van der Waals surface area (Å²) in [5.74, 6) is 0. The first kappa shape index (κ1) is 11.8. The fourth-order valence-corrected chi connectivity index (χ4v) is 2.16. The second-order valence-corrected chi connectivity index (χ2v) is 4.42. The molecule has 17 heavy (non-hydrogen) atoms. The van der Waals surface area contributed by atoms with Crippen LogP contribution in [0.15, 0.2) is 60.7 Å². The average Bonchev–Trinajstić information content (AvgIpc) is 2.40. The van der Waals surface area contributed by atoms with Crippen LogP contribution in [0.3, 0.4) is 0 Å². The van der Waals surface area contributed by atoms with E-state index in [2.05, 4.69) is 28.1 Å². The third kappa shape index (κ3) is 2.71. The molecular formula is C15H11BrO. The summed E-state index contributed by atoms with van der Waals surface area (Å²) in [6.07, 6.45) is 2.30. The van der Waals surface area contributed by atoms with E-state index in [9.17, 15) is 4.79 Å². The number of hydrogen-bond acceptors (Lipinski definition) is 1. The normalized spacial score (nSPS) is 11.2. The van der Waals surface area contributed by atoms with Crippen molar-refractivity contribution in [1.29, 1.82) is 0 Å². The molecular weight excluding hydrogens is 276 g/mol. The molecule has 2 aromatic carbocycles. The Morgan fingerprint density at radius 3 is 2.29 bits per heavy atom. The maximum Gasteiger partial charge on any atom is 0.143 e. The van der Waals surface area contributed by atoms with Crippen LogP contribution in [0.2, 0.25) is 0 Å². The van der Waals surface area contributed by atoms with Gasteiger partial charge in [-0.25, -0.2) is 0 Å². The Hall–Kier alpha value is -1.67. The van der Waals surface area contributed by atoms with E-state index in [1.165, 1.54) is 6.08 Å². The predicted molar refractivity (Wildman–Crippen MR) is 74.8 cm³/mol. The van der Waals surface area contributed by atoms with E-state index in [4.69, 9.17) is 0 Å². The van der Waals surface area contributed by atoms with Crippen LogP contribution < -0.4 is 0 Å². The van der Waals surface area contributed by atoms with E-state index in [1.807, 2.05) is 42.5 Å². The number of benzene rings is 2. The molecule has 1 nitrogen and oxygen atoms in total.